The maximum Gasteiger partial charge on any atom is 0.337 e. The zero-order chi connectivity index (χ0) is 11.0. The third-order valence-corrected chi connectivity index (χ3v) is 1.44. The van der Waals surface area contributed by atoms with Crippen LogP contribution >= 0.6 is 0 Å². The Kier molecular flexibility index (Phi) is 6.11. The summed E-state index contributed by atoms with van der Waals surface area (Å²) in [6.45, 7) is 5.81. The van der Waals surface area contributed by atoms with Crippen molar-refractivity contribution >= 4 is 11.9 Å². The van der Waals surface area contributed by atoms with Crippen molar-refractivity contribution in [3.8, 4) is 0 Å². The largest absolute Gasteiger partial charge is 0.462 e. The highest BCUT2D eigenvalue weighted by Gasteiger charge is 2.04. The quantitative estimate of drug-likeness (QED) is 0.298. The SMILES string of the molecule is C=C(C=CC(N)=O)C(=O)OCCCC. The lowest BCUT2D eigenvalue weighted by molar-refractivity contribution is -0.138. The van der Waals surface area contributed by atoms with Crippen LogP contribution in [-0.2, 0) is 14.3 Å². The van der Waals surface area contributed by atoms with Crippen LogP contribution in [0.2, 0.25) is 0 Å². The van der Waals surface area contributed by atoms with Crippen molar-refractivity contribution in [3.05, 3.63) is 24.3 Å². The molecule has 0 aromatic heterocycles. The first-order valence-electron chi connectivity index (χ1n) is 4.41. The van der Waals surface area contributed by atoms with E-state index in [1.807, 2.05) is 6.92 Å². The van der Waals surface area contributed by atoms with Crippen LogP contribution in [0.5, 0.6) is 0 Å². The third kappa shape index (κ3) is 5.99. The van der Waals surface area contributed by atoms with E-state index >= 15 is 0 Å². The second-order valence-corrected chi connectivity index (χ2v) is 2.75. The van der Waals surface area contributed by atoms with Crippen molar-refractivity contribution in [2.24, 2.45) is 5.73 Å². The molecule has 0 aliphatic rings. The number of nitrogens with two attached hydrogens (primary N) is 1. The van der Waals surface area contributed by atoms with E-state index in [9.17, 15) is 9.59 Å². The molecule has 78 valence electrons. The van der Waals surface area contributed by atoms with Gasteiger partial charge < -0.3 is 10.5 Å². The van der Waals surface area contributed by atoms with Crippen molar-refractivity contribution in [1.29, 1.82) is 0 Å². The molecule has 4 heteroatoms. The second kappa shape index (κ2) is 6.88. The van der Waals surface area contributed by atoms with E-state index in [-0.39, 0.29) is 5.57 Å². The number of unbranched alkanes of at least 4 members (excludes halogenated alkanes) is 1. The molecule has 0 aromatic rings. The van der Waals surface area contributed by atoms with Crippen LogP contribution in [0.3, 0.4) is 0 Å². The van der Waals surface area contributed by atoms with Gasteiger partial charge in [-0.2, -0.15) is 0 Å². The van der Waals surface area contributed by atoms with Crippen molar-refractivity contribution < 1.29 is 14.3 Å². The Morgan fingerprint density at radius 3 is 2.57 bits per heavy atom. The Balaban J connectivity index is 3.88. The van der Waals surface area contributed by atoms with Crippen LogP contribution in [0.4, 0.5) is 0 Å². The molecular weight excluding hydrogens is 182 g/mol. The Labute approximate surface area is 83.4 Å². The summed E-state index contributed by atoms with van der Waals surface area (Å²) >= 11 is 0. The van der Waals surface area contributed by atoms with E-state index in [2.05, 4.69) is 6.58 Å². The predicted molar refractivity (Wildman–Crippen MR) is 53.3 cm³/mol. The lowest BCUT2D eigenvalue weighted by Gasteiger charge is -2.02. The van der Waals surface area contributed by atoms with Crippen LogP contribution in [0.25, 0.3) is 0 Å². The second-order valence-electron chi connectivity index (χ2n) is 2.75. The molecule has 0 aromatic carbocycles. The highest BCUT2D eigenvalue weighted by atomic mass is 16.5. The molecule has 0 unspecified atom stereocenters. The van der Waals surface area contributed by atoms with Gasteiger partial charge in [0.15, 0.2) is 0 Å². The van der Waals surface area contributed by atoms with Gasteiger partial charge in [-0.25, -0.2) is 4.79 Å². The van der Waals surface area contributed by atoms with Gasteiger partial charge in [-0.3, -0.25) is 4.79 Å². The topological polar surface area (TPSA) is 69.4 Å². The van der Waals surface area contributed by atoms with Crippen molar-refractivity contribution in [2.75, 3.05) is 6.61 Å². The van der Waals surface area contributed by atoms with E-state index in [1.54, 1.807) is 0 Å². The monoisotopic (exact) mass is 197 g/mol. The van der Waals surface area contributed by atoms with E-state index in [0.717, 1.165) is 18.9 Å². The molecular formula is C10H15NO3. The summed E-state index contributed by atoms with van der Waals surface area (Å²) in [5, 5.41) is 0. The number of rotatable bonds is 6. The standard InChI is InChI=1S/C10H15NO3/c1-3-4-7-14-10(13)8(2)5-6-9(11)12/h5-6H,2-4,7H2,1H3,(H2,11,12). The van der Waals surface area contributed by atoms with Gasteiger partial charge in [0.2, 0.25) is 5.91 Å². The number of amides is 1. The average molecular weight is 197 g/mol. The summed E-state index contributed by atoms with van der Waals surface area (Å²) in [5.41, 5.74) is 4.97. The lowest BCUT2D eigenvalue weighted by Crippen LogP contribution is -2.09. The van der Waals surface area contributed by atoms with Crippen LogP contribution in [0.1, 0.15) is 19.8 Å². The fourth-order valence-corrected chi connectivity index (χ4v) is 0.653. The first-order valence-corrected chi connectivity index (χ1v) is 4.41. The summed E-state index contributed by atoms with van der Waals surface area (Å²) < 4.78 is 4.83. The first kappa shape index (κ1) is 12.4. The molecule has 0 saturated carbocycles. The highest BCUT2D eigenvalue weighted by Crippen LogP contribution is 1.98. The maximum absolute atomic E-state index is 11.1. The molecule has 0 spiro atoms. The number of esters is 1. The number of hydrogen-bond donors (Lipinski definition) is 1. The highest BCUT2D eigenvalue weighted by molar-refractivity contribution is 5.94. The smallest absolute Gasteiger partial charge is 0.337 e. The van der Waals surface area contributed by atoms with Crippen molar-refractivity contribution in [3.63, 3.8) is 0 Å². The van der Waals surface area contributed by atoms with Crippen molar-refractivity contribution in [2.45, 2.75) is 19.8 Å². The van der Waals surface area contributed by atoms with Gasteiger partial charge in [0, 0.05) is 6.08 Å². The Hall–Kier alpha value is -1.58. The normalized spacial score (nSPS) is 10.1. The Bertz CT molecular complexity index is 256. The molecule has 0 heterocycles. The van der Waals surface area contributed by atoms with E-state index in [4.69, 9.17) is 10.5 Å². The predicted octanol–water partition coefficient (Wildman–Crippen LogP) is 0.927. The molecule has 2 N–H and O–H groups in total. The summed E-state index contributed by atoms with van der Waals surface area (Å²) in [5.74, 6) is -1.14. The molecule has 14 heavy (non-hydrogen) atoms. The molecule has 1 amide bonds. The number of carbonyl (C=O) groups is 2. The molecule has 0 rings (SSSR count). The summed E-state index contributed by atoms with van der Waals surface area (Å²) in [6.07, 6.45) is 4.09. The van der Waals surface area contributed by atoms with Gasteiger partial charge in [0.25, 0.3) is 0 Å². The lowest BCUT2D eigenvalue weighted by atomic mass is 10.3. The van der Waals surface area contributed by atoms with Crippen LogP contribution < -0.4 is 5.73 Å². The van der Waals surface area contributed by atoms with Gasteiger partial charge in [-0.15, -0.1) is 0 Å². The minimum absolute atomic E-state index is 0.125. The fourth-order valence-electron chi connectivity index (χ4n) is 0.653. The summed E-state index contributed by atoms with van der Waals surface area (Å²) in [4.78, 5) is 21.4. The maximum atomic E-state index is 11.1. The van der Waals surface area contributed by atoms with Crippen LogP contribution in [0.15, 0.2) is 24.3 Å². The van der Waals surface area contributed by atoms with Gasteiger partial charge in [-0.1, -0.05) is 19.9 Å². The fraction of sp³-hybridized carbons (Fsp3) is 0.400. The summed E-state index contributed by atoms with van der Waals surface area (Å²) in [7, 11) is 0. The minimum Gasteiger partial charge on any atom is -0.462 e. The number of carbonyl (C=O) groups excluding carboxylic acids is 2. The van der Waals surface area contributed by atoms with E-state index in [0.29, 0.717) is 6.61 Å². The van der Waals surface area contributed by atoms with Gasteiger partial charge in [-0.05, 0) is 12.5 Å². The minimum atomic E-state index is -0.618. The third-order valence-electron chi connectivity index (χ3n) is 1.44. The number of hydrogen-bond acceptors (Lipinski definition) is 3. The molecule has 0 atom stereocenters. The molecule has 4 nitrogen and oxygen atoms in total. The molecule has 0 bridgehead atoms. The Morgan fingerprint density at radius 2 is 2.07 bits per heavy atom. The summed E-state index contributed by atoms with van der Waals surface area (Å²) in [6, 6.07) is 0. The molecule has 0 radical (unpaired) electrons. The molecule has 0 aliphatic heterocycles. The van der Waals surface area contributed by atoms with Gasteiger partial charge in [0.05, 0.1) is 12.2 Å². The van der Waals surface area contributed by atoms with Gasteiger partial charge >= 0.3 is 5.97 Å². The first-order chi connectivity index (χ1) is 6.57. The van der Waals surface area contributed by atoms with E-state index in [1.165, 1.54) is 6.08 Å². The van der Waals surface area contributed by atoms with Crippen LogP contribution in [0, 0.1) is 0 Å². The van der Waals surface area contributed by atoms with Crippen LogP contribution in [-0.4, -0.2) is 18.5 Å². The molecule has 0 saturated heterocycles. The van der Waals surface area contributed by atoms with E-state index < -0.39 is 11.9 Å². The number of primary amides is 1. The van der Waals surface area contributed by atoms with Crippen molar-refractivity contribution in [1.82, 2.24) is 0 Å². The molecule has 0 aliphatic carbocycles. The zero-order valence-electron chi connectivity index (χ0n) is 8.29. The molecule has 0 fully saturated rings. The Morgan fingerprint density at radius 1 is 1.43 bits per heavy atom. The zero-order valence-corrected chi connectivity index (χ0v) is 8.29. The number of ether oxygens (including phenoxy) is 1. The van der Waals surface area contributed by atoms with Gasteiger partial charge in [0.1, 0.15) is 0 Å². The average Bonchev–Trinajstić information content (AvgIpc) is 2.14.